The van der Waals surface area contributed by atoms with Crippen molar-refractivity contribution in [3.05, 3.63) is 58.1 Å². The van der Waals surface area contributed by atoms with Crippen LogP contribution in [-0.4, -0.2) is 13.1 Å². The van der Waals surface area contributed by atoms with Crippen LogP contribution in [-0.2, 0) is 6.42 Å². The fourth-order valence-electron chi connectivity index (χ4n) is 2.38. The van der Waals surface area contributed by atoms with E-state index in [1.807, 2.05) is 0 Å². The van der Waals surface area contributed by atoms with Gasteiger partial charge >= 0.3 is 0 Å². The minimum Gasteiger partial charge on any atom is -0.344 e. The van der Waals surface area contributed by atoms with Crippen LogP contribution in [0, 0.1) is 6.92 Å². The van der Waals surface area contributed by atoms with Crippen LogP contribution >= 0.6 is 15.9 Å². The molecule has 0 saturated carbocycles. The summed E-state index contributed by atoms with van der Waals surface area (Å²) in [5.74, 6) is 0. The van der Waals surface area contributed by atoms with Crippen molar-refractivity contribution in [3.63, 3.8) is 0 Å². The van der Waals surface area contributed by atoms with Crippen molar-refractivity contribution in [1.82, 2.24) is 0 Å². The monoisotopic (exact) mass is 346 g/mol. The molecular formula is C18H23BrN2. The van der Waals surface area contributed by atoms with Crippen LogP contribution < -0.4 is 10.6 Å². The quantitative estimate of drug-likeness (QED) is 0.841. The Morgan fingerprint density at radius 3 is 2.43 bits per heavy atom. The first-order valence-corrected chi connectivity index (χ1v) is 8.15. The van der Waals surface area contributed by atoms with E-state index in [4.69, 9.17) is 5.73 Å². The third-order valence-corrected chi connectivity index (χ3v) is 4.32. The minimum atomic E-state index is 0.199. The SMILES string of the molecule is CCC(N)Cc1cc(Br)ccc1N(C)c1ccc(C)cc1. The van der Waals surface area contributed by atoms with Crippen LogP contribution in [0.2, 0.25) is 0 Å². The highest BCUT2D eigenvalue weighted by Gasteiger charge is 2.12. The van der Waals surface area contributed by atoms with E-state index < -0.39 is 0 Å². The van der Waals surface area contributed by atoms with Gasteiger partial charge in [-0.3, -0.25) is 0 Å². The molecule has 0 aliphatic rings. The molecule has 2 N–H and O–H groups in total. The number of rotatable bonds is 5. The summed E-state index contributed by atoms with van der Waals surface area (Å²) in [7, 11) is 2.11. The molecule has 0 spiro atoms. The van der Waals surface area contributed by atoms with E-state index >= 15 is 0 Å². The maximum absolute atomic E-state index is 6.15. The van der Waals surface area contributed by atoms with Gasteiger partial charge in [-0.15, -0.1) is 0 Å². The lowest BCUT2D eigenvalue weighted by molar-refractivity contribution is 0.646. The second-order valence-electron chi connectivity index (χ2n) is 5.54. The summed E-state index contributed by atoms with van der Waals surface area (Å²) >= 11 is 3.56. The Balaban J connectivity index is 2.35. The highest BCUT2D eigenvalue weighted by Crippen LogP contribution is 2.30. The molecule has 1 unspecified atom stereocenters. The Labute approximate surface area is 136 Å². The topological polar surface area (TPSA) is 29.3 Å². The molecule has 2 nitrogen and oxygen atoms in total. The Hall–Kier alpha value is -1.32. The average molecular weight is 347 g/mol. The average Bonchev–Trinajstić information content (AvgIpc) is 2.47. The van der Waals surface area contributed by atoms with Crippen LogP contribution in [0.5, 0.6) is 0 Å². The molecule has 1 atom stereocenters. The van der Waals surface area contributed by atoms with Crippen molar-refractivity contribution in [1.29, 1.82) is 0 Å². The molecule has 21 heavy (non-hydrogen) atoms. The summed E-state index contributed by atoms with van der Waals surface area (Å²) in [4.78, 5) is 2.23. The summed E-state index contributed by atoms with van der Waals surface area (Å²) < 4.78 is 1.10. The van der Waals surface area contributed by atoms with E-state index in [2.05, 4.69) is 84.2 Å². The smallest absolute Gasteiger partial charge is 0.0442 e. The first-order chi connectivity index (χ1) is 10.0. The third kappa shape index (κ3) is 4.08. The van der Waals surface area contributed by atoms with Gasteiger partial charge in [0.15, 0.2) is 0 Å². The molecule has 0 aromatic heterocycles. The van der Waals surface area contributed by atoms with Gasteiger partial charge in [-0.25, -0.2) is 0 Å². The summed E-state index contributed by atoms with van der Waals surface area (Å²) in [6, 6.07) is 15.2. The highest BCUT2D eigenvalue weighted by atomic mass is 79.9. The Morgan fingerprint density at radius 1 is 1.14 bits per heavy atom. The zero-order chi connectivity index (χ0) is 15.4. The summed E-state index contributed by atoms with van der Waals surface area (Å²) in [6.07, 6.45) is 1.88. The largest absolute Gasteiger partial charge is 0.344 e. The van der Waals surface area contributed by atoms with E-state index in [1.165, 1.54) is 22.5 Å². The summed E-state index contributed by atoms with van der Waals surface area (Å²) in [5, 5.41) is 0. The first kappa shape index (κ1) is 16.1. The predicted molar refractivity (Wildman–Crippen MR) is 95.4 cm³/mol. The lowest BCUT2D eigenvalue weighted by Gasteiger charge is -2.24. The number of hydrogen-bond acceptors (Lipinski definition) is 2. The van der Waals surface area contributed by atoms with Gasteiger partial charge in [0.25, 0.3) is 0 Å². The molecule has 0 heterocycles. The number of halogens is 1. The van der Waals surface area contributed by atoms with Crippen molar-refractivity contribution in [3.8, 4) is 0 Å². The minimum absolute atomic E-state index is 0.199. The van der Waals surface area contributed by atoms with Crippen molar-refractivity contribution in [2.75, 3.05) is 11.9 Å². The van der Waals surface area contributed by atoms with Gasteiger partial charge in [0.2, 0.25) is 0 Å². The number of nitrogens with zero attached hydrogens (tertiary/aromatic N) is 1. The van der Waals surface area contributed by atoms with Crippen molar-refractivity contribution < 1.29 is 0 Å². The molecule has 3 heteroatoms. The molecule has 0 saturated heterocycles. The van der Waals surface area contributed by atoms with Gasteiger partial charge in [-0.1, -0.05) is 40.5 Å². The maximum atomic E-state index is 6.15. The summed E-state index contributed by atoms with van der Waals surface area (Å²) in [5.41, 5.74) is 11.1. The van der Waals surface area contributed by atoms with Gasteiger partial charge in [0, 0.05) is 28.9 Å². The number of nitrogens with two attached hydrogens (primary N) is 1. The van der Waals surface area contributed by atoms with Gasteiger partial charge in [0.05, 0.1) is 0 Å². The second kappa shape index (κ2) is 7.10. The molecule has 112 valence electrons. The maximum Gasteiger partial charge on any atom is 0.0442 e. The molecular weight excluding hydrogens is 324 g/mol. The second-order valence-corrected chi connectivity index (χ2v) is 6.46. The van der Waals surface area contributed by atoms with E-state index in [-0.39, 0.29) is 6.04 Å². The van der Waals surface area contributed by atoms with Gasteiger partial charge in [-0.05, 0) is 55.7 Å². The highest BCUT2D eigenvalue weighted by molar-refractivity contribution is 9.10. The fraction of sp³-hybridized carbons (Fsp3) is 0.333. The van der Waals surface area contributed by atoms with Gasteiger partial charge in [0.1, 0.15) is 0 Å². The van der Waals surface area contributed by atoms with Crippen LogP contribution in [0.3, 0.4) is 0 Å². The predicted octanol–water partition coefficient (Wildman–Crippen LogP) is 4.81. The Bertz CT molecular complexity index is 593. The van der Waals surface area contributed by atoms with Gasteiger partial charge in [-0.2, -0.15) is 0 Å². The van der Waals surface area contributed by atoms with E-state index in [9.17, 15) is 0 Å². The zero-order valence-electron chi connectivity index (χ0n) is 12.9. The van der Waals surface area contributed by atoms with E-state index in [0.717, 1.165) is 17.3 Å². The normalized spacial score (nSPS) is 12.2. The van der Waals surface area contributed by atoms with Crippen LogP contribution in [0.15, 0.2) is 46.9 Å². The van der Waals surface area contributed by atoms with Crippen molar-refractivity contribution in [2.24, 2.45) is 5.73 Å². The van der Waals surface area contributed by atoms with Crippen LogP contribution in [0.4, 0.5) is 11.4 Å². The lowest BCUT2D eigenvalue weighted by atomic mass is 10.0. The first-order valence-electron chi connectivity index (χ1n) is 7.35. The number of aryl methyl sites for hydroxylation is 1. The molecule has 0 aliphatic heterocycles. The molecule has 0 radical (unpaired) electrons. The fourth-order valence-corrected chi connectivity index (χ4v) is 2.79. The molecule has 2 rings (SSSR count). The molecule has 0 amide bonds. The molecule has 0 aliphatic carbocycles. The number of anilines is 2. The summed E-state index contributed by atoms with van der Waals surface area (Å²) in [6.45, 7) is 4.24. The number of benzene rings is 2. The zero-order valence-corrected chi connectivity index (χ0v) is 14.5. The molecule has 0 fully saturated rings. The van der Waals surface area contributed by atoms with E-state index in [0.29, 0.717) is 0 Å². The Morgan fingerprint density at radius 2 is 1.81 bits per heavy atom. The molecule has 2 aromatic carbocycles. The van der Waals surface area contributed by atoms with Gasteiger partial charge < -0.3 is 10.6 Å². The van der Waals surface area contributed by atoms with Crippen molar-refractivity contribution >= 4 is 27.3 Å². The van der Waals surface area contributed by atoms with Crippen molar-refractivity contribution in [2.45, 2.75) is 32.7 Å². The Kier molecular flexibility index (Phi) is 5.43. The standard InChI is InChI=1S/C18H23BrN2/c1-4-16(20)12-14-11-15(19)7-10-18(14)21(3)17-8-5-13(2)6-9-17/h5-11,16H,4,12,20H2,1-3H3. The van der Waals surface area contributed by atoms with E-state index in [1.54, 1.807) is 0 Å². The molecule has 2 aromatic rings. The molecule has 0 bridgehead atoms. The third-order valence-electron chi connectivity index (χ3n) is 3.83. The van der Waals surface area contributed by atoms with Crippen LogP contribution in [0.25, 0.3) is 0 Å². The van der Waals surface area contributed by atoms with Crippen LogP contribution in [0.1, 0.15) is 24.5 Å². The lowest BCUT2D eigenvalue weighted by Crippen LogP contribution is -2.23. The number of hydrogen-bond donors (Lipinski definition) is 1.